The van der Waals surface area contributed by atoms with Crippen LogP contribution >= 0.6 is 0 Å². The fraction of sp³-hybridized carbons (Fsp3) is 0.440. The number of amides is 3. The number of hydrogen-bond acceptors (Lipinski definition) is 4. The van der Waals surface area contributed by atoms with Gasteiger partial charge in [-0.15, -0.1) is 0 Å². The van der Waals surface area contributed by atoms with E-state index in [1.54, 1.807) is 14.2 Å². The molecule has 1 heterocycles. The molecular weight excluding hydrogens is 406 g/mol. The maximum Gasteiger partial charge on any atom is 0.319 e. The van der Waals surface area contributed by atoms with Crippen molar-refractivity contribution in [3.05, 3.63) is 53.6 Å². The number of methoxy groups -OCH3 is 2. The van der Waals surface area contributed by atoms with Crippen LogP contribution in [0.15, 0.2) is 42.5 Å². The molecule has 7 heteroatoms. The van der Waals surface area contributed by atoms with Crippen molar-refractivity contribution in [3.63, 3.8) is 0 Å². The first-order valence-corrected chi connectivity index (χ1v) is 11.1. The molecule has 2 N–H and O–H groups in total. The number of carbonyl (C=O) groups is 2. The molecule has 1 unspecified atom stereocenters. The lowest BCUT2D eigenvalue weighted by Crippen LogP contribution is -2.48. The summed E-state index contributed by atoms with van der Waals surface area (Å²) in [6.07, 6.45) is 4.80. The molecule has 0 bridgehead atoms. The summed E-state index contributed by atoms with van der Waals surface area (Å²) in [7, 11) is 3.25. The molecule has 1 atom stereocenters. The average molecular weight is 440 g/mol. The first-order valence-electron chi connectivity index (χ1n) is 11.1. The SMILES string of the molecule is COc1ccc(CCC2CCCCN2C(=O)CNC(=O)Nc2cccc(C)c2)cc1OC. The Morgan fingerprint density at radius 1 is 1.06 bits per heavy atom. The van der Waals surface area contributed by atoms with Crippen LogP contribution in [0.2, 0.25) is 0 Å². The molecule has 2 aromatic rings. The van der Waals surface area contributed by atoms with Gasteiger partial charge in [-0.1, -0.05) is 18.2 Å². The van der Waals surface area contributed by atoms with Gasteiger partial charge in [0.25, 0.3) is 0 Å². The molecule has 7 nitrogen and oxygen atoms in total. The number of hydrogen-bond donors (Lipinski definition) is 2. The van der Waals surface area contributed by atoms with Crippen LogP contribution < -0.4 is 20.1 Å². The predicted octanol–water partition coefficient (Wildman–Crippen LogP) is 4.15. The van der Waals surface area contributed by atoms with Crippen LogP contribution in [0.4, 0.5) is 10.5 Å². The van der Waals surface area contributed by atoms with Gasteiger partial charge in [-0.05, 0) is 74.4 Å². The highest BCUT2D eigenvalue weighted by Crippen LogP contribution is 2.29. The van der Waals surface area contributed by atoms with Gasteiger partial charge in [-0.3, -0.25) is 4.79 Å². The fourth-order valence-electron chi connectivity index (χ4n) is 4.15. The van der Waals surface area contributed by atoms with E-state index >= 15 is 0 Å². The van der Waals surface area contributed by atoms with Crippen molar-refractivity contribution in [3.8, 4) is 11.5 Å². The first kappa shape index (κ1) is 23.4. The highest BCUT2D eigenvalue weighted by molar-refractivity contribution is 5.92. The molecular formula is C25H33N3O4. The smallest absolute Gasteiger partial charge is 0.319 e. The number of benzene rings is 2. The number of aryl methyl sites for hydroxylation is 2. The lowest BCUT2D eigenvalue weighted by Gasteiger charge is -2.36. The van der Waals surface area contributed by atoms with E-state index < -0.39 is 0 Å². The molecule has 1 saturated heterocycles. The number of nitrogens with one attached hydrogen (secondary N) is 2. The molecule has 0 aliphatic carbocycles. The summed E-state index contributed by atoms with van der Waals surface area (Å²) in [6.45, 7) is 2.69. The molecule has 32 heavy (non-hydrogen) atoms. The molecule has 1 aliphatic heterocycles. The maximum absolute atomic E-state index is 12.9. The summed E-state index contributed by atoms with van der Waals surface area (Å²) >= 11 is 0. The van der Waals surface area contributed by atoms with E-state index in [2.05, 4.69) is 10.6 Å². The Kier molecular flexibility index (Phi) is 8.36. The van der Waals surface area contributed by atoms with Gasteiger partial charge in [0.15, 0.2) is 11.5 Å². The Hall–Kier alpha value is -3.22. The third kappa shape index (κ3) is 6.39. The zero-order valence-corrected chi connectivity index (χ0v) is 19.1. The Balaban J connectivity index is 1.52. The standard InChI is InChI=1S/C25H33N3O4/c1-18-7-6-8-20(15-18)27-25(30)26-17-24(29)28-14-5-4-9-21(28)12-10-19-11-13-22(31-2)23(16-19)32-3/h6-8,11,13,15-16,21H,4-5,9-10,12,14,17H2,1-3H3,(H2,26,27,30). The molecule has 0 spiro atoms. The van der Waals surface area contributed by atoms with Gasteiger partial charge in [0, 0.05) is 18.3 Å². The second-order valence-electron chi connectivity index (χ2n) is 8.14. The Bertz CT molecular complexity index is 931. The summed E-state index contributed by atoms with van der Waals surface area (Å²) in [6, 6.07) is 13.3. The van der Waals surface area contributed by atoms with Crippen molar-refractivity contribution in [1.29, 1.82) is 0 Å². The molecule has 0 aromatic heterocycles. The molecule has 1 aliphatic rings. The van der Waals surface area contributed by atoms with Gasteiger partial charge in [-0.25, -0.2) is 4.79 Å². The van der Waals surface area contributed by atoms with Gasteiger partial charge in [0.05, 0.1) is 20.8 Å². The third-order valence-electron chi connectivity index (χ3n) is 5.84. The van der Waals surface area contributed by atoms with Crippen LogP contribution in [0.1, 0.15) is 36.8 Å². The molecule has 3 amide bonds. The first-order chi connectivity index (χ1) is 15.5. The van der Waals surface area contributed by atoms with Gasteiger partial charge in [0.1, 0.15) is 0 Å². The Morgan fingerprint density at radius 2 is 1.88 bits per heavy atom. The minimum absolute atomic E-state index is 0.00942. The second-order valence-corrected chi connectivity index (χ2v) is 8.14. The van der Waals surface area contributed by atoms with Crippen molar-refractivity contribution in [1.82, 2.24) is 10.2 Å². The fourth-order valence-corrected chi connectivity index (χ4v) is 4.15. The number of carbonyl (C=O) groups excluding carboxylic acids is 2. The molecule has 1 fully saturated rings. The second kappa shape index (κ2) is 11.4. The van der Waals surface area contributed by atoms with Gasteiger partial charge in [-0.2, -0.15) is 0 Å². The normalized spacial score (nSPS) is 15.7. The minimum Gasteiger partial charge on any atom is -0.493 e. The molecule has 0 radical (unpaired) electrons. The molecule has 3 rings (SSSR count). The monoisotopic (exact) mass is 439 g/mol. The van der Waals surface area contributed by atoms with Crippen molar-refractivity contribution >= 4 is 17.6 Å². The number of rotatable bonds is 8. The van der Waals surface area contributed by atoms with E-state index in [1.807, 2.05) is 54.3 Å². The van der Waals surface area contributed by atoms with Crippen LogP contribution in [0, 0.1) is 6.92 Å². The number of anilines is 1. The van der Waals surface area contributed by atoms with Crippen molar-refractivity contribution in [2.45, 2.75) is 45.1 Å². The van der Waals surface area contributed by atoms with Crippen LogP contribution in [0.25, 0.3) is 0 Å². The number of likely N-dealkylation sites (tertiary alicyclic amines) is 1. The minimum atomic E-state index is -0.372. The number of urea groups is 1. The van der Waals surface area contributed by atoms with Gasteiger partial charge < -0.3 is 25.0 Å². The van der Waals surface area contributed by atoms with Gasteiger partial charge in [0.2, 0.25) is 5.91 Å². The van der Waals surface area contributed by atoms with E-state index in [1.165, 1.54) is 0 Å². The van der Waals surface area contributed by atoms with Crippen LogP contribution in [-0.4, -0.2) is 50.2 Å². The van der Waals surface area contributed by atoms with Crippen molar-refractivity contribution in [2.24, 2.45) is 0 Å². The lowest BCUT2D eigenvalue weighted by molar-refractivity contribution is -0.133. The zero-order valence-electron chi connectivity index (χ0n) is 19.1. The van der Waals surface area contributed by atoms with E-state index in [-0.39, 0.29) is 24.5 Å². The zero-order chi connectivity index (χ0) is 22.9. The third-order valence-corrected chi connectivity index (χ3v) is 5.84. The van der Waals surface area contributed by atoms with E-state index in [0.29, 0.717) is 17.2 Å². The van der Waals surface area contributed by atoms with E-state index in [0.717, 1.165) is 49.8 Å². The highest BCUT2D eigenvalue weighted by Gasteiger charge is 2.26. The molecule has 0 saturated carbocycles. The van der Waals surface area contributed by atoms with Crippen LogP contribution in [0.3, 0.4) is 0 Å². The largest absolute Gasteiger partial charge is 0.493 e. The van der Waals surface area contributed by atoms with E-state index in [9.17, 15) is 9.59 Å². The van der Waals surface area contributed by atoms with Crippen LogP contribution in [0.5, 0.6) is 11.5 Å². The highest BCUT2D eigenvalue weighted by atomic mass is 16.5. The summed E-state index contributed by atoms with van der Waals surface area (Å²) in [5.41, 5.74) is 2.92. The van der Waals surface area contributed by atoms with Gasteiger partial charge >= 0.3 is 6.03 Å². The lowest BCUT2D eigenvalue weighted by atomic mass is 9.95. The topological polar surface area (TPSA) is 79.9 Å². The summed E-state index contributed by atoms with van der Waals surface area (Å²) in [4.78, 5) is 27.0. The Morgan fingerprint density at radius 3 is 2.62 bits per heavy atom. The summed E-state index contributed by atoms with van der Waals surface area (Å²) in [5.74, 6) is 1.38. The Labute approximate surface area is 190 Å². The molecule has 172 valence electrons. The average Bonchev–Trinajstić information content (AvgIpc) is 2.81. The maximum atomic E-state index is 12.9. The summed E-state index contributed by atoms with van der Waals surface area (Å²) in [5, 5.41) is 5.47. The molecule has 2 aromatic carbocycles. The number of piperidine rings is 1. The number of nitrogens with zero attached hydrogens (tertiary/aromatic N) is 1. The van der Waals surface area contributed by atoms with Crippen molar-refractivity contribution < 1.29 is 19.1 Å². The van der Waals surface area contributed by atoms with Crippen LogP contribution in [-0.2, 0) is 11.2 Å². The van der Waals surface area contributed by atoms with E-state index in [4.69, 9.17) is 9.47 Å². The number of ether oxygens (including phenoxy) is 2. The predicted molar refractivity (Wildman–Crippen MR) is 125 cm³/mol. The summed E-state index contributed by atoms with van der Waals surface area (Å²) < 4.78 is 10.7. The van der Waals surface area contributed by atoms with Crippen molar-refractivity contribution in [2.75, 3.05) is 32.6 Å². The quantitative estimate of drug-likeness (QED) is 0.648.